The summed E-state index contributed by atoms with van der Waals surface area (Å²) in [6.07, 6.45) is 5.59. The highest BCUT2D eigenvalue weighted by atomic mass is 19.1. The number of methoxy groups -OCH3 is 1. The molecular weight excluding hydrogens is 574 g/mol. The maximum absolute atomic E-state index is 15.3. The lowest BCUT2D eigenvalue weighted by atomic mass is 9.90. The molecule has 2 saturated heterocycles. The summed E-state index contributed by atoms with van der Waals surface area (Å²) in [6.45, 7) is 4.20. The van der Waals surface area contributed by atoms with Gasteiger partial charge >= 0.3 is 6.09 Å². The second kappa shape index (κ2) is 12.6. The Morgan fingerprint density at radius 3 is 2.61 bits per heavy atom. The van der Waals surface area contributed by atoms with Crippen molar-refractivity contribution in [2.45, 2.75) is 38.0 Å². The molecule has 0 saturated carbocycles. The number of carbonyl (C=O) groups is 1. The summed E-state index contributed by atoms with van der Waals surface area (Å²) in [7, 11) is 1.32. The monoisotopic (exact) mass is 608 g/mol. The van der Waals surface area contributed by atoms with Crippen molar-refractivity contribution in [2.75, 3.05) is 43.6 Å². The third-order valence-electron chi connectivity index (χ3n) is 8.00. The Kier molecular flexibility index (Phi) is 8.44. The van der Waals surface area contributed by atoms with E-state index in [4.69, 9.17) is 19.9 Å². The number of hydrogen-bond donors (Lipinski definition) is 3. The molecule has 1 amide bonds. The normalized spacial score (nSPS) is 20.8. The number of halogens is 2. The quantitative estimate of drug-likeness (QED) is 0.283. The lowest BCUT2D eigenvalue weighted by Crippen LogP contribution is -2.62. The van der Waals surface area contributed by atoms with Crippen LogP contribution >= 0.6 is 0 Å². The van der Waals surface area contributed by atoms with Gasteiger partial charge in [0.1, 0.15) is 23.5 Å². The molecule has 0 radical (unpaired) electrons. The summed E-state index contributed by atoms with van der Waals surface area (Å²) in [4.78, 5) is 22.7. The number of hydrogen-bond acceptors (Lipinski definition) is 10. The zero-order valence-electron chi connectivity index (χ0n) is 24.4. The number of benzene rings is 1. The van der Waals surface area contributed by atoms with Gasteiger partial charge in [-0.1, -0.05) is 6.92 Å². The summed E-state index contributed by atoms with van der Waals surface area (Å²) in [5, 5.41) is 10.6. The van der Waals surface area contributed by atoms with Crippen LogP contribution in [-0.4, -0.2) is 77.3 Å². The highest BCUT2D eigenvalue weighted by Gasteiger charge is 2.34. The molecular formula is C30H34F2N8O4. The third-order valence-corrected chi connectivity index (χ3v) is 8.00. The molecule has 12 nitrogen and oxygen atoms in total. The van der Waals surface area contributed by atoms with Crippen LogP contribution in [0.25, 0.3) is 16.8 Å². The maximum atomic E-state index is 15.3. The molecule has 0 unspecified atom stereocenters. The molecule has 0 aliphatic carbocycles. The van der Waals surface area contributed by atoms with E-state index in [1.807, 2.05) is 13.0 Å². The molecule has 14 heteroatoms. The number of rotatable bonds is 7. The van der Waals surface area contributed by atoms with Gasteiger partial charge in [-0.05, 0) is 24.1 Å². The van der Waals surface area contributed by atoms with E-state index < -0.39 is 17.7 Å². The molecule has 0 bridgehead atoms. The van der Waals surface area contributed by atoms with Crippen LogP contribution in [0.3, 0.4) is 0 Å². The molecule has 44 heavy (non-hydrogen) atoms. The Bertz CT molecular complexity index is 1610. The van der Waals surface area contributed by atoms with E-state index in [1.165, 1.54) is 23.8 Å². The van der Waals surface area contributed by atoms with Crippen molar-refractivity contribution >= 4 is 28.9 Å². The van der Waals surface area contributed by atoms with Gasteiger partial charge in [0, 0.05) is 50.3 Å². The standard InChI is InChI=1S/C30H34F2N8O4/c1-17-15-39(16-23(33)28(17)37-30(41)42-2)26-5-8-34-14-25(26)36-29-35-13-18-3-4-24(38-40(18)29)27-21(31)11-20(12-22(27)32)44-19-6-9-43-10-7-19/h3-5,8,11-14,17,19,23,28H,6-7,9-10,15-16,33H2,1-2H3,(H,35,36)(H,37,41)/t17-,23+,28-/m0/s1. The van der Waals surface area contributed by atoms with Gasteiger partial charge in [-0.25, -0.2) is 18.6 Å². The second-order valence-corrected chi connectivity index (χ2v) is 11.1. The maximum Gasteiger partial charge on any atom is 0.407 e. The minimum atomic E-state index is -0.779. The number of nitrogens with zero attached hydrogens (tertiary/aromatic N) is 5. The number of amides is 1. The fourth-order valence-corrected chi connectivity index (χ4v) is 5.80. The number of carbonyl (C=O) groups excluding carboxylic acids is 1. The van der Waals surface area contributed by atoms with Crippen LogP contribution in [0.15, 0.2) is 48.9 Å². The van der Waals surface area contributed by atoms with Crippen LogP contribution in [0.2, 0.25) is 0 Å². The first-order valence-electron chi connectivity index (χ1n) is 14.5. The van der Waals surface area contributed by atoms with E-state index in [2.05, 4.69) is 30.6 Å². The Balaban J connectivity index is 1.24. The minimum absolute atomic E-state index is 0.0219. The average Bonchev–Trinajstić information content (AvgIpc) is 3.41. The van der Waals surface area contributed by atoms with Crippen molar-refractivity contribution in [3.8, 4) is 17.0 Å². The predicted molar refractivity (Wildman–Crippen MR) is 159 cm³/mol. The highest BCUT2D eigenvalue weighted by molar-refractivity contribution is 5.74. The molecule has 5 heterocycles. The number of imidazole rings is 1. The van der Waals surface area contributed by atoms with E-state index in [0.29, 0.717) is 56.3 Å². The SMILES string of the molecule is COC(=O)N[C@@H]1[C@H](N)CN(c2ccncc2Nc2ncc3ccc(-c4c(F)cc(OC5CCOCC5)cc4F)nn23)C[C@@H]1C. The average molecular weight is 609 g/mol. The van der Waals surface area contributed by atoms with Crippen molar-refractivity contribution in [3.05, 3.63) is 60.6 Å². The van der Waals surface area contributed by atoms with Crippen molar-refractivity contribution in [2.24, 2.45) is 11.7 Å². The zero-order chi connectivity index (χ0) is 30.8. The Labute approximate surface area is 252 Å². The topological polar surface area (TPSA) is 141 Å². The molecule has 6 rings (SSSR count). The smallest absolute Gasteiger partial charge is 0.407 e. The molecule has 4 N–H and O–H groups in total. The Hall–Kier alpha value is -4.56. The number of aromatic nitrogens is 4. The number of ether oxygens (including phenoxy) is 3. The number of pyridine rings is 1. The van der Waals surface area contributed by atoms with Gasteiger partial charge in [0.25, 0.3) is 0 Å². The van der Waals surface area contributed by atoms with Gasteiger partial charge < -0.3 is 35.5 Å². The first-order chi connectivity index (χ1) is 21.3. The Morgan fingerprint density at radius 2 is 1.89 bits per heavy atom. The van der Waals surface area contributed by atoms with Crippen LogP contribution in [0.5, 0.6) is 5.75 Å². The zero-order valence-corrected chi connectivity index (χ0v) is 24.4. The number of fused-ring (bicyclic) bond motifs is 1. The number of nitrogens with two attached hydrogens (primary N) is 1. The fourth-order valence-electron chi connectivity index (χ4n) is 5.80. The van der Waals surface area contributed by atoms with Gasteiger partial charge in [0.15, 0.2) is 0 Å². The van der Waals surface area contributed by atoms with Crippen LogP contribution in [0, 0.1) is 17.6 Å². The van der Waals surface area contributed by atoms with Gasteiger partial charge in [-0.15, -0.1) is 0 Å². The Morgan fingerprint density at radius 1 is 1.11 bits per heavy atom. The molecule has 1 aromatic carbocycles. The van der Waals surface area contributed by atoms with Gasteiger partial charge in [-0.3, -0.25) is 4.98 Å². The molecule has 3 aromatic heterocycles. The molecule has 0 spiro atoms. The predicted octanol–water partition coefficient (Wildman–Crippen LogP) is 3.88. The highest BCUT2D eigenvalue weighted by Crippen LogP contribution is 2.33. The van der Waals surface area contributed by atoms with Crippen LogP contribution in [0.1, 0.15) is 19.8 Å². The summed E-state index contributed by atoms with van der Waals surface area (Å²) in [5.41, 5.74) is 8.37. The van der Waals surface area contributed by atoms with Crippen molar-refractivity contribution < 1.29 is 27.8 Å². The summed E-state index contributed by atoms with van der Waals surface area (Å²) in [6, 6.07) is 6.86. The lowest BCUT2D eigenvalue weighted by molar-refractivity contribution is 0.0253. The molecule has 2 aliphatic heterocycles. The lowest BCUT2D eigenvalue weighted by Gasteiger charge is -2.42. The van der Waals surface area contributed by atoms with E-state index >= 15 is 8.78 Å². The van der Waals surface area contributed by atoms with Gasteiger partial charge in [0.2, 0.25) is 5.95 Å². The molecule has 232 valence electrons. The molecule has 2 fully saturated rings. The van der Waals surface area contributed by atoms with Gasteiger partial charge in [-0.2, -0.15) is 9.61 Å². The first-order valence-corrected chi connectivity index (χ1v) is 14.5. The number of piperidine rings is 1. The molecule has 2 aliphatic rings. The number of alkyl carbamates (subject to hydrolysis) is 1. The summed E-state index contributed by atoms with van der Waals surface area (Å²) >= 11 is 0. The van der Waals surface area contributed by atoms with Crippen molar-refractivity contribution in [1.29, 1.82) is 0 Å². The summed E-state index contributed by atoms with van der Waals surface area (Å²) in [5.74, 6) is -1.08. The van der Waals surface area contributed by atoms with E-state index in [0.717, 1.165) is 5.69 Å². The van der Waals surface area contributed by atoms with Crippen molar-refractivity contribution in [3.63, 3.8) is 0 Å². The molecule has 3 atom stereocenters. The van der Waals surface area contributed by atoms with Crippen LogP contribution < -0.4 is 26.0 Å². The van der Waals surface area contributed by atoms with Crippen LogP contribution in [-0.2, 0) is 9.47 Å². The fraction of sp³-hybridized carbons (Fsp3) is 0.400. The van der Waals surface area contributed by atoms with E-state index in [1.54, 1.807) is 30.7 Å². The summed E-state index contributed by atoms with van der Waals surface area (Å²) < 4.78 is 47.9. The number of nitrogens with one attached hydrogen (secondary N) is 2. The molecule has 4 aromatic rings. The second-order valence-electron chi connectivity index (χ2n) is 11.1. The largest absolute Gasteiger partial charge is 0.490 e. The third kappa shape index (κ3) is 6.08. The van der Waals surface area contributed by atoms with Crippen molar-refractivity contribution in [1.82, 2.24) is 24.9 Å². The van der Waals surface area contributed by atoms with Crippen LogP contribution in [0.4, 0.5) is 30.9 Å². The minimum Gasteiger partial charge on any atom is -0.490 e. The first kappa shape index (κ1) is 29.5. The number of anilines is 3. The van der Waals surface area contributed by atoms with Gasteiger partial charge in [0.05, 0.1) is 66.9 Å². The van der Waals surface area contributed by atoms with E-state index in [-0.39, 0.29) is 41.1 Å². The van der Waals surface area contributed by atoms with E-state index in [9.17, 15) is 4.79 Å².